The summed E-state index contributed by atoms with van der Waals surface area (Å²) in [6.45, 7) is 3.10. The number of hydrogen-bond donors (Lipinski definition) is 2. The van der Waals surface area contributed by atoms with Gasteiger partial charge in [-0.2, -0.15) is 0 Å². The number of unbranched alkanes of at least 4 members (excludes halogenated alkanes) is 1. The molecule has 0 aromatic heterocycles. The lowest BCUT2D eigenvalue weighted by molar-refractivity contribution is -0.143. The summed E-state index contributed by atoms with van der Waals surface area (Å²) in [7, 11) is 0. The molecule has 0 radical (unpaired) electrons. The molecular weight excluding hydrogens is 344 g/mol. The van der Waals surface area contributed by atoms with Gasteiger partial charge in [0.15, 0.2) is 0 Å². The topological polar surface area (TPSA) is 86.7 Å². The molecule has 1 aromatic carbocycles. The van der Waals surface area contributed by atoms with Crippen molar-refractivity contribution in [2.45, 2.75) is 57.9 Å². The Hall–Kier alpha value is -2.37. The van der Waals surface area contributed by atoms with E-state index in [1.54, 1.807) is 0 Å². The maximum absolute atomic E-state index is 12.4. The summed E-state index contributed by atoms with van der Waals surface area (Å²) in [5, 5.41) is 11.9. The van der Waals surface area contributed by atoms with Gasteiger partial charge in [-0.3, -0.25) is 9.59 Å². The number of carboxylic acids is 1. The second-order valence-corrected chi connectivity index (χ2v) is 7.18. The molecule has 1 aliphatic heterocycles. The van der Waals surface area contributed by atoms with Gasteiger partial charge in [0.2, 0.25) is 11.8 Å². The molecule has 6 nitrogen and oxygen atoms in total. The van der Waals surface area contributed by atoms with Crippen LogP contribution < -0.4 is 5.32 Å². The molecule has 2 N–H and O–H groups in total. The van der Waals surface area contributed by atoms with Gasteiger partial charge in [-0.15, -0.1) is 0 Å². The van der Waals surface area contributed by atoms with Crippen molar-refractivity contribution in [3.05, 3.63) is 35.9 Å². The van der Waals surface area contributed by atoms with E-state index < -0.39 is 12.0 Å². The summed E-state index contributed by atoms with van der Waals surface area (Å²) < 4.78 is 0. The van der Waals surface area contributed by atoms with Crippen molar-refractivity contribution in [2.24, 2.45) is 5.92 Å². The third kappa shape index (κ3) is 6.70. The second kappa shape index (κ2) is 10.7. The lowest BCUT2D eigenvalue weighted by Crippen LogP contribution is -2.47. The van der Waals surface area contributed by atoms with Crippen molar-refractivity contribution in [1.29, 1.82) is 0 Å². The minimum Gasteiger partial charge on any atom is -0.480 e. The first-order valence-corrected chi connectivity index (χ1v) is 9.86. The number of amides is 2. The summed E-state index contributed by atoms with van der Waals surface area (Å²) in [5.74, 6) is -1.28. The number of nitrogens with one attached hydrogen (secondary N) is 1. The predicted octanol–water partition coefficient (Wildman–Crippen LogP) is 2.62. The highest BCUT2D eigenvalue weighted by Gasteiger charge is 2.29. The van der Waals surface area contributed by atoms with Crippen LogP contribution in [0.15, 0.2) is 30.3 Å². The van der Waals surface area contributed by atoms with Crippen LogP contribution in [0.2, 0.25) is 0 Å². The Labute approximate surface area is 160 Å². The van der Waals surface area contributed by atoms with Crippen LogP contribution in [0.4, 0.5) is 0 Å². The summed E-state index contributed by atoms with van der Waals surface area (Å²) in [6.07, 6.45) is 4.48. The van der Waals surface area contributed by atoms with Gasteiger partial charge in [-0.1, -0.05) is 50.1 Å². The first-order chi connectivity index (χ1) is 13.0. The Morgan fingerprint density at radius 2 is 1.85 bits per heavy atom. The number of aryl methyl sites for hydroxylation is 1. The zero-order valence-electron chi connectivity index (χ0n) is 16.0. The minimum absolute atomic E-state index is 0.115. The fourth-order valence-electron chi connectivity index (χ4n) is 3.40. The fourth-order valence-corrected chi connectivity index (χ4v) is 3.40. The lowest BCUT2D eigenvalue weighted by Gasteiger charge is -2.32. The quantitative estimate of drug-likeness (QED) is 0.696. The number of benzene rings is 1. The molecule has 1 unspecified atom stereocenters. The lowest BCUT2D eigenvalue weighted by atomic mass is 9.94. The van der Waals surface area contributed by atoms with E-state index in [9.17, 15) is 19.5 Å². The third-order valence-corrected chi connectivity index (χ3v) is 5.15. The predicted molar refractivity (Wildman–Crippen MR) is 103 cm³/mol. The highest BCUT2D eigenvalue weighted by molar-refractivity contribution is 5.85. The van der Waals surface area contributed by atoms with Crippen LogP contribution >= 0.6 is 0 Å². The van der Waals surface area contributed by atoms with Crippen LogP contribution in [-0.4, -0.2) is 46.9 Å². The molecule has 148 valence electrons. The maximum Gasteiger partial charge on any atom is 0.326 e. The van der Waals surface area contributed by atoms with E-state index in [2.05, 4.69) is 5.32 Å². The SMILES string of the molecule is CCCCC(NC(=O)C1CCN(C(=O)CCc2ccccc2)CC1)C(=O)O. The Balaban J connectivity index is 1.75. The number of piperidine rings is 1. The van der Waals surface area contributed by atoms with Crippen molar-refractivity contribution >= 4 is 17.8 Å². The van der Waals surface area contributed by atoms with Crippen molar-refractivity contribution in [3.63, 3.8) is 0 Å². The molecule has 0 saturated carbocycles. The monoisotopic (exact) mass is 374 g/mol. The number of carboxylic acid groups (broad SMARTS) is 1. The molecule has 2 amide bonds. The van der Waals surface area contributed by atoms with E-state index in [4.69, 9.17) is 0 Å². The molecule has 1 fully saturated rings. The molecule has 2 rings (SSSR count). The molecule has 6 heteroatoms. The smallest absolute Gasteiger partial charge is 0.326 e. The number of likely N-dealkylation sites (tertiary alicyclic amines) is 1. The Morgan fingerprint density at radius 1 is 1.19 bits per heavy atom. The van der Waals surface area contributed by atoms with Crippen LogP contribution in [-0.2, 0) is 20.8 Å². The average molecular weight is 374 g/mol. The largest absolute Gasteiger partial charge is 0.480 e. The highest BCUT2D eigenvalue weighted by Crippen LogP contribution is 2.19. The van der Waals surface area contributed by atoms with Gasteiger partial charge in [0.05, 0.1) is 0 Å². The molecule has 1 aromatic rings. The summed E-state index contributed by atoms with van der Waals surface area (Å²) in [6, 6.07) is 9.10. The molecule has 1 heterocycles. The molecular formula is C21H30N2O4. The van der Waals surface area contributed by atoms with Gasteiger partial charge in [0, 0.05) is 25.4 Å². The second-order valence-electron chi connectivity index (χ2n) is 7.18. The number of carbonyl (C=O) groups is 3. The average Bonchev–Trinajstić information content (AvgIpc) is 2.69. The highest BCUT2D eigenvalue weighted by atomic mass is 16.4. The zero-order chi connectivity index (χ0) is 19.6. The summed E-state index contributed by atoms with van der Waals surface area (Å²) in [5.41, 5.74) is 1.15. The Kier molecular flexibility index (Phi) is 8.30. The van der Waals surface area contributed by atoms with E-state index >= 15 is 0 Å². The van der Waals surface area contributed by atoms with Gasteiger partial charge in [0.1, 0.15) is 6.04 Å². The molecule has 0 aliphatic carbocycles. The maximum atomic E-state index is 12.4. The number of aliphatic carboxylic acids is 1. The van der Waals surface area contributed by atoms with E-state index in [-0.39, 0.29) is 17.7 Å². The number of rotatable bonds is 9. The molecule has 0 bridgehead atoms. The van der Waals surface area contributed by atoms with E-state index in [1.807, 2.05) is 42.2 Å². The number of carbonyl (C=O) groups excluding carboxylic acids is 2. The van der Waals surface area contributed by atoms with Crippen molar-refractivity contribution < 1.29 is 19.5 Å². The van der Waals surface area contributed by atoms with Gasteiger partial charge < -0.3 is 15.3 Å². The van der Waals surface area contributed by atoms with Crippen molar-refractivity contribution in [3.8, 4) is 0 Å². The first kappa shape index (κ1) is 20.9. The van der Waals surface area contributed by atoms with Crippen LogP contribution in [0, 0.1) is 5.92 Å². The number of nitrogens with zero attached hydrogens (tertiary/aromatic N) is 1. The van der Waals surface area contributed by atoms with Crippen molar-refractivity contribution in [2.75, 3.05) is 13.1 Å². The van der Waals surface area contributed by atoms with E-state index in [0.717, 1.165) is 24.8 Å². The van der Waals surface area contributed by atoms with Gasteiger partial charge in [0.25, 0.3) is 0 Å². The van der Waals surface area contributed by atoms with E-state index in [0.29, 0.717) is 38.8 Å². The first-order valence-electron chi connectivity index (χ1n) is 9.86. The van der Waals surface area contributed by atoms with Crippen molar-refractivity contribution in [1.82, 2.24) is 10.2 Å². The molecule has 1 saturated heterocycles. The Morgan fingerprint density at radius 3 is 2.44 bits per heavy atom. The van der Waals surface area contributed by atoms with Gasteiger partial charge >= 0.3 is 5.97 Å². The van der Waals surface area contributed by atoms with Gasteiger partial charge in [-0.05, 0) is 31.2 Å². The van der Waals surface area contributed by atoms with Crippen LogP contribution in [0.5, 0.6) is 0 Å². The minimum atomic E-state index is -0.981. The van der Waals surface area contributed by atoms with Crippen LogP contribution in [0.3, 0.4) is 0 Å². The molecule has 0 spiro atoms. The standard InChI is InChI=1S/C21H30N2O4/c1-2-3-9-18(21(26)27)22-20(25)17-12-14-23(15-13-17)19(24)11-10-16-7-5-4-6-8-16/h4-8,17-18H,2-3,9-15H2,1H3,(H,22,25)(H,26,27). The summed E-state index contributed by atoms with van der Waals surface area (Å²) >= 11 is 0. The molecule has 27 heavy (non-hydrogen) atoms. The third-order valence-electron chi connectivity index (χ3n) is 5.15. The zero-order valence-corrected chi connectivity index (χ0v) is 16.0. The molecule has 1 atom stereocenters. The van der Waals surface area contributed by atoms with E-state index in [1.165, 1.54) is 0 Å². The van der Waals surface area contributed by atoms with Gasteiger partial charge in [-0.25, -0.2) is 4.79 Å². The number of hydrogen-bond acceptors (Lipinski definition) is 3. The Bertz CT molecular complexity index is 624. The summed E-state index contributed by atoms with van der Waals surface area (Å²) in [4.78, 5) is 37.9. The van der Waals surface area contributed by atoms with Crippen LogP contribution in [0.25, 0.3) is 0 Å². The fraction of sp³-hybridized carbons (Fsp3) is 0.571. The molecule has 1 aliphatic rings. The van der Waals surface area contributed by atoms with Crippen LogP contribution in [0.1, 0.15) is 51.0 Å². The normalized spacial score (nSPS) is 16.0.